The number of nitrogens with zero attached hydrogens (tertiary/aromatic N) is 2. The molecule has 1 aromatic rings. The topological polar surface area (TPSA) is 86.3 Å². The minimum absolute atomic E-state index is 0.0801. The summed E-state index contributed by atoms with van der Waals surface area (Å²) >= 11 is 0. The number of sulfonamides is 1. The molecule has 17 heavy (non-hydrogen) atoms. The molecule has 0 fully saturated rings. The zero-order chi connectivity index (χ0) is 13.1. The lowest BCUT2D eigenvalue weighted by molar-refractivity contribution is 0.257. The fourth-order valence-corrected chi connectivity index (χ4v) is 2.80. The minimum atomic E-state index is -3.57. The van der Waals surface area contributed by atoms with E-state index in [-0.39, 0.29) is 24.1 Å². The highest BCUT2D eigenvalue weighted by atomic mass is 32.2. The molecule has 0 amide bonds. The van der Waals surface area contributed by atoms with Crippen LogP contribution in [0.4, 0.5) is 0 Å². The predicted molar refractivity (Wildman–Crippen MR) is 64.2 cm³/mol. The van der Waals surface area contributed by atoms with Crippen molar-refractivity contribution in [2.45, 2.75) is 31.7 Å². The summed E-state index contributed by atoms with van der Waals surface area (Å²) < 4.78 is 25.5. The molecule has 0 radical (unpaired) electrons. The predicted octanol–water partition coefficient (Wildman–Crippen LogP) is 0.536. The van der Waals surface area contributed by atoms with Crippen molar-refractivity contribution in [2.75, 3.05) is 19.7 Å². The van der Waals surface area contributed by atoms with Crippen molar-refractivity contribution in [2.24, 2.45) is 0 Å². The Bertz CT molecular complexity index is 453. The largest absolute Gasteiger partial charge is 0.395 e. The number of aliphatic hydroxyl groups excluding tert-OH is 1. The number of aromatic amines is 1. The lowest BCUT2D eigenvalue weighted by atomic mass is 10.2. The quantitative estimate of drug-likeness (QED) is 0.782. The highest BCUT2D eigenvalue weighted by Gasteiger charge is 2.25. The summed E-state index contributed by atoms with van der Waals surface area (Å²) in [6, 6.07) is 0. The first-order chi connectivity index (χ1) is 7.93. The van der Waals surface area contributed by atoms with Crippen LogP contribution in [-0.4, -0.2) is 47.5 Å². The highest BCUT2D eigenvalue weighted by molar-refractivity contribution is 7.89. The van der Waals surface area contributed by atoms with Crippen molar-refractivity contribution in [3.8, 4) is 0 Å². The van der Waals surface area contributed by atoms with Crippen LogP contribution < -0.4 is 0 Å². The van der Waals surface area contributed by atoms with Crippen molar-refractivity contribution in [3.63, 3.8) is 0 Å². The number of rotatable bonds is 6. The highest BCUT2D eigenvalue weighted by Crippen LogP contribution is 2.16. The zero-order valence-corrected chi connectivity index (χ0v) is 11.2. The van der Waals surface area contributed by atoms with Gasteiger partial charge in [-0.2, -0.15) is 4.31 Å². The normalized spacial score (nSPS) is 12.6. The van der Waals surface area contributed by atoms with E-state index in [1.807, 2.05) is 13.8 Å². The van der Waals surface area contributed by atoms with Gasteiger partial charge in [-0.05, 0) is 0 Å². The van der Waals surface area contributed by atoms with Gasteiger partial charge in [0.1, 0.15) is 5.82 Å². The fraction of sp³-hybridized carbons (Fsp3) is 0.700. The molecule has 2 N–H and O–H groups in total. The van der Waals surface area contributed by atoms with Crippen LogP contribution in [-0.2, 0) is 10.0 Å². The van der Waals surface area contributed by atoms with Gasteiger partial charge in [0.2, 0.25) is 0 Å². The second-order valence-corrected chi connectivity index (χ2v) is 5.91. The van der Waals surface area contributed by atoms with E-state index in [9.17, 15) is 8.42 Å². The maximum absolute atomic E-state index is 12.1. The summed E-state index contributed by atoms with van der Waals surface area (Å²) in [6.45, 7) is 5.81. The molecule has 0 unspecified atom stereocenters. The fourth-order valence-electron chi connectivity index (χ4n) is 1.44. The SMILES string of the molecule is CCN(CCO)S(=O)(=O)c1cnc(C(C)C)[nH]1. The van der Waals surface area contributed by atoms with Gasteiger partial charge in [0.25, 0.3) is 10.0 Å². The van der Waals surface area contributed by atoms with Crippen LogP contribution in [0.3, 0.4) is 0 Å². The molecule has 0 aliphatic carbocycles. The number of likely N-dealkylation sites (N-methyl/N-ethyl adjacent to an activating group) is 1. The van der Waals surface area contributed by atoms with E-state index < -0.39 is 10.0 Å². The van der Waals surface area contributed by atoms with Gasteiger partial charge in [-0.25, -0.2) is 13.4 Å². The second-order valence-electron chi connectivity index (χ2n) is 4.01. The van der Waals surface area contributed by atoms with Gasteiger partial charge in [0, 0.05) is 19.0 Å². The summed E-state index contributed by atoms with van der Waals surface area (Å²) in [7, 11) is -3.57. The molecule has 0 aliphatic heterocycles. The number of nitrogens with one attached hydrogen (secondary N) is 1. The molecule has 0 aromatic carbocycles. The Labute approximate surface area is 102 Å². The Morgan fingerprint density at radius 2 is 2.18 bits per heavy atom. The maximum atomic E-state index is 12.1. The van der Waals surface area contributed by atoms with Gasteiger partial charge in [0.05, 0.1) is 12.8 Å². The molecule has 0 saturated heterocycles. The third-order valence-corrected chi connectivity index (χ3v) is 4.32. The Hall–Kier alpha value is -0.920. The van der Waals surface area contributed by atoms with Crippen LogP contribution in [0.1, 0.15) is 32.5 Å². The average molecular weight is 261 g/mol. The van der Waals surface area contributed by atoms with Crippen LogP contribution in [0, 0.1) is 0 Å². The van der Waals surface area contributed by atoms with Crippen LogP contribution >= 0.6 is 0 Å². The van der Waals surface area contributed by atoms with E-state index in [0.717, 1.165) is 0 Å². The van der Waals surface area contributed by atoms with Crippen molar-refractivity contribution in [3.05, 3.63) is 12.0 Å². The molecule has 98 valence electrons. The Kier molecular flexibility index (Phi) is 4.67. The number of aliphatic hydroxyl groups is 1. The molecule has 0 bridgehead atoms. The van der Waals surface area contributed by atoms with E-state index in [1.54, 1.807) is 6.92 Å². The van der Waals surface area contributed by atoms with Gasteiger partial charge >= 0.3 is 0 Å². The van der Waals surface area contributed by atoms with Gasteiger partial charge < -0.3 is 10.1 Å². The van der Waals surface area contributed by atoms with Crippen LogP contribution in [0.2, 0.25) is 0 Å². The molecule has 1 rings (SSSR count). The van der Waals surface area contributed by atoms with Crippen LogP contribution in [0.5, 0.6) is 0 Å². The summed E-state index contributed by atoms with van der Waals surface area (Å²) in [5, 5.41) is 8.92. The molecule has 1 heterocycles. The summed E-state index contributed by atoms with van der Waals surface area (Å²) in [4.78, 5) is 6.84. The Morgan fingerprint density at radius 3 is 2.59 bits per heavy atom. The molecule has 0 saturated carbocycles. The van der Waals surface area contributed by atoms with Crippen molar-refractivity contribution in [1.29, 1.82) is 0 Å². The first-order valence-electron chi connectivity index (χ1n) is 5.59. The second kappa shape index (κ2) is 5.61. The van der Waals surface area contributed by atoms with Gasteiger partial charge in [-0.3, -0.25) is 0 Å². The van der Waals surface area contributed by atoms with Gasteiger partial charge in [0.15, 0.2) is 5.03 Å². The van der Waals surface area contributed by atoms with Gasteiger partial charge in [-0.1, -0.05) is 20.8 Å². The lowest BCUT2D eigenvalue weighted by Gasteiger charge is -2.17. The lowest BCUT2D eigenvalue weighted by Crippen LogP contribution is -2.33. The number of hydrogen-bond acceptors (Lipinski definition) is 4. The minimum Gasteiger partial charge on any atom is -0.395 e. The summed E-state index contributed by atoms with van der Waals surface area (Å²) in [5.41, 5.74) is 0. The van der Waals surface area contributed by atoms with E-state index in [0.29, 0.717) is 12.4 Å². The van der Waals surface area contributed by atoms with E-state index >= 15 is 0 Å². The van der Waals surface area contributed by atoms with Crippen molar-refractivity contribution in [1.82, 2.24) is 14.3 Å². The first-order valence-corrected chi connectivity index (χ1v) is 7.03. The molecule has 0 aliphatic rings. The number of imidazole rings is 1. The number of H-pyrrole nitrogens is 1. The van der Waals surface area contributed by atoms with E-state index in [4.69, 9.17) is 5.11 Å². The van der Waals surface area contributed by atoms with E-state index in [2.05, 4.69) is 9.97 Å². The molecular weight excluding hydrogens is 242 g/mol. The average Bonchev–Trinajstić information content (AvgIpc) is 2.75. The first kappa shape index (κ1) is 14.1. The number of aromatic nitrogens is 2. The maximum Gasteiger partial charge on any atom is 0.260 e. The van der Waals surface area contributed by atoms with Crippen molar-refractivity contribution >= 4 is 10.0 Å². The molecule has 0 atom stereocenters. The Balaban J connectivity index is 3.03. The van der Waals surface area contributed by atoms with Gasteiger partial charge in [-0.15, -0.1) is 0 Å². The third-order valence-electron chi connectivity index (χ3n) is 2.44. The van der Waals surface area contributed by atoms with E-state index in [1.165, 1.54) is 10.5 Å². The molecule has 0 spiro atoms. The standard InChI is InChI=1S/C10H19N3O3S/c1-4-13(5-6-14)17(15,16)9-7-11-10(12-9)8(2)3/h7-8,14H,4-6H2,1-3H3,(H,11,12). The van der Waals surface area contributed by atoms with Crippen molar-refractivity contribution < 1.29 is 13.5 Å². The summed E-state index contributed by atoms with van der Waals surface area (Å²) in [6.07, 6.45) is 1.32. The Morgan fingerprint density at radius 1 is 1.53 bits per heavy atom. The monoisotopic (exact) mass is 261 g/mol. The summed E-state index contributed by atoms with van der Waals surface area (Å²) in [5.74, 6) is 0.787. The molecule has 1 aromatic heterocycles. The molecular formula is C10H19N3O3S. The number of hydrogen-bond donors (Lipinski definition) is 2. The zero-order valence-electron chi connectivity index (χ0n) is 10.3. The molecule has 6 nitrogen and oxygen atoms in total. The third kappa shape index (κ3) is 3.05. The smallest absolute Gasteiger partial charge is 0.260 e. The molecule has 7 heteroatoms. The van der Waals surface area contributed by atoms with Crippen LogP contribution in [0.15, 0.2) is 11.2 Å². The van der Waals surface area contributed by atoms with Crippen LogP contribution in [0.25, 0.3) is 0 Å².